The maximum Gasteiger partial charge on any atom is 0.330 e. The van der Waals surface area contributed by atoms with Gasteiger partial charge >= 0.3 is 5.97 Å². The van der Waals surface area contributed by atoms with Crippen molar-refractivity contribution < 1.29 is 14.3 Å². The molecule has 0 aliphatic carbocycles. The van der Waals surface area contributed by atoms with E-state index in [0.717, 1.165) is 5.56 Å². The topological polar surface area (TPSA) is 49.3 Å². The van der Waals surface area contributed by atoms with E-state index >= 15 is 0 Å². The average molecular weight is 237 g/mol. The highest BCUT2D eigenvalue weighted by atomic mass is 19.1. The zero-order valence-corrected chi connectivity index (χ0v) is 9.90. The molecular weight excluding hydrogens is 221 g/mol. The number of rotatable bonds is 5. The third-order valence-electron chi connectivity index (χ3n) is 2.54. The molecular formula is C13H16FNO2. The molecule has 0 heterocycles. The smallest absolute Gasteiger partial charge is 0.330 e. The lowest BCUT2D eigenvalue weighted by atomic mass is 10.1. The fourth-order valence-corrected chi connectivity index (χ4v) is 1.35. The van der Waals surface area contributed by atoms with Gasteiger partial charge < -0.3 is 10.4 Å². The maximum absolute atomic E-state index is 12.7. The SMILES string of the molecule is C/C(=C/CN[C@H](C)c1ccc(F)cc1)C(=O)O. The Labute approximate surface area is 100.0 Å². The van der Waals surface area contributed by atoms with E-state index in [9.17, 15) is 9.18 Å². The van der Waals surface area contributed by atoms with E-state index in [0.29, 0.717) is 12.1 Å². The van der Waals surface area contributed by atoms with Crippen LogP contribution in [0, 0.1) is 5.82 Å². The van der Waals surface area contributed by atoms with Crippen molar-refractivity contribution in [2.45, 2.75) is 19.9 Å². The second-order valence-electron chi connectivity index (χ2n) is 3.87. The second kappa shape index (κ2) is 6.15. The summed E-state index contributed by atoms with van der Waals surface area (Å²) in [7, 11) is 0. The molecule has 17 heavy (non-hydrogen) atoms. The van der Waals surface area contributed by atoms with Crippen molar-refractivity contribution >= 4 is 5.97 Å². The van der Waals surface area contributed by atoms with Crippen LogP contribution in [0.25, 0.3) is 0 Å². The molecule has 2 N–H and O–H groups in total. The number of halogens is 1. The number of carbonyl (C=O) groups is 1. The van der Waals surface area contributed by atoms with Crippen molar-refractivity contribution in [1.82, 2.24) is 5.32 Å². The minimum atomic E-state index is -0.916. The number of nitrogens with one attached hydrogen (secondary N) is 1. The summed E-state index contributed by atoms with van der Waals surface area (Å²) < 4.78 is 12.7. The lowest BCUT2D eigenvalue weighted by Gasteiger charge is -2.12. The van der Waals surface area contributed by atoms with Crippen LogP contribution in [0.3, 0.4) is 0 Å². The minimum absolute atomic E-state index is 0.0495. The van der Waals surface area contributed by atoms with Gasteiger partial charge in [0.05, 0.1) is 0 Å². The van der Waals surface area contributed by atoms with Crippen LogP contribution in [0.1, 0.15) is 25.5 Å². The van der Waals surface area contributed by atoms with Gasteiger partial charge in [0.15, 0.2) is 0 Å². The van der Waals surface area contributed by atoms with E-state index in [4.69, 9.17) is 5.11 Å². The summed E-state index contributed by atoms with van der Waals surface area (Å²) in [4.78, 5) is 10.5. The van der Waals surface area contributed by atoms with Crippen molar-refractivity contribution in [2.24, 2.45) is 0 Å². The normalized spacial score (nSPS) is 13.5. The Kier molecular flexibility index (Phi) is 4.84. The summed E-state index contributed by atoms with van der Waals surface area (Å²) in [5.41, 5.74) is 1.27. The van der Waals surface area contributed by atoms with E-state index in [2.05, 4.69) is 5.32 Å². The second-order valence-corrected chi connectivity index (χ2v) is 3.87. The fourth-order valence-electron chi connectivity index (χ4n) is 1.35. The highest BCUT2D eigenvalue weighted by molar-refractivity contribution is 5.85. The van der Waals surface area contributed by atoms with Crippen molar-refractivity contribution in [3.8, 4) is 0 Å². The van der Waals surface area contributed by atoms with Crippen LogP contribution >= 0.6 is 0 Å². The van der Waals surface area contributed by atoms with E-state index in [1.165, 1.54) is 12.1 Å². The Balaban J connectivity index is 2.50. The highest BCUT2D eigenvalue weighted by Gasteiger charge is 2.04. The predicted molar refractivity (Wildman–Crippen MR) is 64.2 cm³/mol. The first-order valence-electron chi connectivity index (χ1n) is 5.39. The largest absolute Gasteiger partial charge is 0.478 e. The molecule has 4 heteroatoms. The number of benzene rings is 1. The molecule has 1 aromatic carbocycles. The molecule has 0 aromatic heterocycles. The van der Waals surface area contributed by atoms with Crippen molar-refractivity contribution in [1.29, 1.82) is 0 Å². The molecule has 3 nitrogen and oxygen atoms in total. The third kappa shape index (κ3) is 4.36. The van der Waals surface area contributed by atoms with Crippen LogP contribution in [0.5, 0.6) is 0 Å². The van der Waals surface area contributed by atoms with Crippen LogP contribution in [-0.2, 0) is 4.79 Å². The summed E-state index contributed by atoms with van der Waals surface area (Å²) in [6.07, 6.45) is 1.61. The number of hydrogen-bond acceptors (Lipinski definition) is 2. The summed E-state index contributed by atoms with van der Waals surface area (Å²) in [6, 6.07) is 6.28. The number of hydrogen-bond donors (Lipinski definition) is 2. The van der Waals surface area contributed by atoms with Gasteiger partial charge in [0, 0.05) is 18.2 Å². The average Bonchev–Trinajstić information content (AvgIpc) is 2.29. The molecule has 0 fully saturated rings. The molecule has 1 atom stereocenters. The molecule has 0 bridgehead atoms. The number of carboxylic acid groups (broad SMARTS) is 1. The van der Waals surface area contributed by atoms with Gasteiger partial charge in [-0.2, -0.15) is 0 Å². The lowest BCUT2D eigenvalue weighted by Crippen LogP contribution is -2.19. The Morgan fingerprint density at radius 2 is 2.06 bits per heavy atom. The molecule has 0 amide bonds. The van der Waals surface area contributed by atoms with E-state index in [1.54, 1.807) is 25.1 Å². The number of carboxylic acids is 1. The minimum Gasteiger partial charge on any atom is -0.478 e. The first-order valence-corrected chi connectivity index (χ1v) is 5.39. The van der Waals surface area contributed by atoms with E-state index in [-0.39, 0.29) is 11.9 Å². The van der Waals surface area contributed by atoms with Crippen molar-refractivity contribution in [2.75, 3.05) is 6.54 Å². The molecule has 1 aromatic rings. The summed E-state index contributed by atoms with van der Waals surface area (Å²) in [6.45, 7) is 3.96. The molecule has 0 saturated carbocycles. The van der Waals surface area contributed by atoms with Gasteiger partial charge in [-0.1, -0.05) is 18.2 Å². The standard InChI is InChI=1S/C13H16FNO2/c1-9(13(16)17)7-8-15-10(2)11-3-5-12(14)6-4-11/h3-7,10,15H,8H2,1-2H3,(H,16,17)/b9-7-/t10-/m1/s1. The van der Waals surface area contributed by atoms with Crippen LogP contribution in [0.2, 0.25) is 0 Å². The molecule has 0 aliphatic rings. The Bertz CT molecular complexity index is 412. The van der Waals surface area contributed by atoms with Gasteiger partial charge in [-0.25, -0.2) is 9.18 Å². The van der Waals surface area contributed by atoms with Gasteiger partial charge in [0.25, 0.3) is 0 Å². The van der Waals surface area contributed by atoms with Crippen molar-refractivity contribution in [3.05, 3.63) is 47.3 Å². The van der Waals surface area contributed by atoms with Gasteiger partial charge in [0.1, 0.15) is 5.82 Å². The van der Waals surface area contributed by atoms with E-state index in [1.807, 2.05) is 6.92 Å². The monoisotopic (exact) mass is 237 g/mol. The maximum atomic E-state index is 12.7. The molecule has 0 radical (unpaired) electrons. The van der Waals surface area contributed by atoms with Crippen molar-refractivity contribution in [3.63, 3.8) is 0 Å². The van der Waals surface area contributed by atoms with Crippen LogP contribution < -0.4 is 5.32 Å². The molecule has 0 aliphatic heterocycles. The third-order valence-corrected chi connectivity index (χ3v) is 2.54. The zero-order valence-electron chi connectivity index (χ0n) is 9.90. The van der Waals surface area contributed by atoms with Gasteiger partial charge in [-0.3, -0.25) is 0 Å². The lowest BCUT2D eigenvalue weighted by molar-refractivity contribution is -0.132. The van der Waals surface area contributed by atoms with Gasteiger partial charge in [-0.15, -0.1) is 0 Å². The van der Waals surface area contributed by atoms with Gasteiger partial charge in [-0.05, 0) is 31.5 Å². The molecule has 0 saturated heterocycles. The summed E-state index contributed by atoms with van der Waals surface area (Å²) >= 11 is 0. The zero-order chi connectivity index (χ0) is 12.8. The highest BCUT2D eigenvalue weighted by Crippen LogP contribution is 2.12. The summed E-state index contributed by atoms with van der Waals surface area (Å²) in [5, 5.41) is 11.8. The first kappa shape index (κ1) is 13.4. The molecule has 0 unspecified atom stereocenters. The summed E-state index contributed by atoms with van der Waals surface area (Å²) in [5.74, 6) is -1.18. The quantitative estimate of drug-likeness (QED) is 0.773. The Morgan fingerprint density at radius 1 is 1.47 bits per heavy atom. The Morgan fingerprint density at radius 3 is 2.59 bits per heavy atom. The van der Waals surface area contributed by atoms with Crippen LogP contribution in [0.15, 0.2) is 35.9 Å². The molecule has 0 spiro atoms. The number of aliphatic carboxylic acids is 1. The fraction of sp³-hybridized carbons (Fsp3) is 0.308. The molecule has 1 rings (SSSR count). The van der Waals surface area contributed by atoms with Crippen LogP contribution in [0.4, 0.5) is 4.39 Å². The predicted octanol–water partition coefficient (Wildman–Crippen LogP) is 2.51. The van der Waals surface area contributed by atoms with Crippen LogP contribution in [-0.4, -0.2) is 17.6 Å². The first-order chi connectivity index (χ1) is 8.00. The van der Waals surface area contributed by atoms with Gasteiger partial charge in [0.2, 0.25) is 0 Å². The Hall–Kier alpha value is -1.68. The molecule has 92 valence electrons. The van der Waals surface area contributed by atoms with E-state index < -0.39 is 5.97 Å².